The Balaban J connectivity index is 1.18. The van der Waals surface area contributed by atoms with Crippen LogP contribution in [0.25, 0.3) is 22.0 Å². The molecule has 3 aromatic heterocycles. The minimum atomic E-state index is -1.02. The Bertz CT molecular complexity index is 2190. The van der Waals surface area contributed by atoms with Crippen LogP contribution in [0.1, 0.15) is 76.5 Å². The van der Waals surface area contributed by atoms with Crippen LogP contribution >= 0.6 is 23.5 Å². The van der Waals surface area contributed by atoms with Crippen LogP contribution in [0.4, 0.5) is 10.1 Å². The molecule has 3 aliphatic carbocycles. The molecule has 50 heavy (non-hydrogen) atoms. The summed E-state index contributed by atoms with van der Waals surface area (Å²) in [7, 11) is 3.76. The summed E-state index contributed by atoms with van der Waals surface area (Å²) in [4.78, 5) is 14.0. The van der Waals surface area contributed by atoms with Crippen LogP contribution in [-0.4, -0.2) is 48.4 Å². The van der Waals surface area contributed by atoms with E-state index in [2.05, 4.69) is 28.2 Å². The van der Waals surface area contributed by atoms with Crippen LogP contribution < -0.4 is 10.1 Å². The number of anilines is 1. The number of carboxylic acid groups (broad SMARTS) is 1. The lowest BCUT2D eigenvalue weighted by Gasteiger charge is -2.61. The van der Waals surface area contributed by atoms with E-state index < -0.39 is 5.97 Å². The first-order valence-corrected chi connectivity index (χ1v) is 19.7. The number of thioether (sulfide) groups is 2. The topological polar surface area (TPSA) is 99.1 Å². The van der Waals surface area contributed by atoms with Gasteiger partial charge in [-0.25, -0.2) is 9.18 Å². The fourth-order valence-electron chi connectivity index (χ4n) is 8.83. The van der Waals surface area contributed by atoms with Crippen LogP contribution in [0, 0.1) is 18.7 Å². The number of rotatable bonds is 2. The number of nitrogens with one attached hydrogen (secondary N) is 1. The van der Waals surface area contributed by atoms with Crippen molar-refractivity contribution in [2.24, 2.45) is 20.0 Å². The fourth-order valence-corrected chi connectivity index (χ4v) is 10.7. The number of fused-ring (bicyclic) bond motifs is 8. The zero-order valence-corrected chi connectivity index (χ0v) is 30.3. The molecule has 0 unspecified atom stereocenters. The third kappa shape index (κ3) is 5.07. The van der Waals surface area contributed by atoms with E-state index in [9.17, 15) is 9.90 Å². The lowest BCUT2D eigenvalue weighted by atomic mass is 9.50. The first-order chi connectivity index (χ1) is 24.2. The van der Waals surface area contributed by atoms with Crippen molar-refractivity contribution >= 4 is 46.1 Å². The number of carboxylic acids is 1. The minimum absolute atomic E-state index is 0.00655. The summed E-state index contributed by atoms with van der Waals surface area (Å²) in [5, 5.41) is 24.8. The molecule has 0 atom stereocenters. The normalized spacial score (nSPS) is 21.6. The standard InChI is InChI=1S/C38H41FN6O3S2/c1-21-32-30(45(41-21)38-15-22(16-38)17-38)20-49-18-24-13-25(44(3)42-24)19-50-26-12-23-6-4-10-40-34(23)31(14-26)48-11-5-7-27-28-8-9-29(39)33(32)35(28)43(2)36(27)37(46)47/h8-9,12-14,22,40H,4-7,10-11,15-20H2,1-3H3,(H,46,47). The maximum absolute atomic E-state index is 16.4. The van der Waals surface area contributed by atoms with Crippen LogP contribution in [0.5, 0.6) is 5.75 Å². The average Bonchev–Trinajstić information content (AvgIpc) is 3.66. The average molecular weight is 713 g/mol. The number of carbonyl (C=O) groups is 1. The van der Waals surface area contributed by atoms with E-state index in [1.54, 1.807) is 41.2 Å². The first-order valence-electron chi connectivity index (χ1n) is 17.6. The van der Waals surface area contributed by atoms with Crippen molar-refractivity contribution in [2.75, 3.05) is 18.5 Å². The van der Waals surface area contributed by atoms with Gasteiger partial charge in [-0.15, -0.1) is 23.5 Å². The van der Waals surface area contributed by atoms with Gasteiger partial charge in [0.15, 0.2) is 0 Å². The lowest BCUT2D eigenvalue weighted by molar-refractivity contribution is -0.0993. The molecule has 0 amide bonds. The van der Waals surface area contributed by atoms with Crippen LogP contribution in [0.2, 0.25) is 0 Å². The summed E-state index contributed by atoms with van der Waals surface area (Å²) >= 11 is 3.56. The molecule has 9 nitrogen and oxygen atoms in total. The Kier molecular flexibility index (Phi) is 7.76. The van der Waals surface area contributed by atoms with Crippen molar-refractivity contribution in [1.82, 2.24) is 24.1 Å². The number of hydrogen-bond acceptors (Lipinski definition) is 7. The smallest absolute Gasteiger partial charge is 0.352 e. The summed E-state index contributed by atoms with van der Waals surface area (Å²) in [6, 6.07) is 9.86. The minimum Gasteiger partial charge on any atom is -0.491 e. The molecular weight excluding hydrogens is 672 g/mol. The number of benzene rings is 2. The van der Waals surface area contributed by atoms with Gasteiger partial charge in [-0.2, -0.15) is 10.2 Å². The zero-order chi connectivity index (χ0) is 34.3. The molecule has 2 aromatic carbocycles. The molecule has 3 fully saturated rings. The second-order valence-electron chi connectivity index (χ2n) is 14.5. The first kappa shape index (κ1) is 32.0. The quantitative estimate of drug-likeness (QED) is 0.191. The van der Waals surface area contributed by atoms with Gasteiger partial charge in [0.25, 0.3) is 0 Å². The van der Waals surface area contributed by atoms with Crippen molar-refractivity contribution in [2.45, 2.75) is 79.6 Å². The Morgan fingerprint density at radius 1 is 1.06 bits per heavy atom. The van der Waals surface area contributed by atoms with E-state index in [4.69, 9.17) is 14.9 Å². The molecule has 10 rings (SSSR count). The monoisotopic (exact) mass is 712 g/mol. The van der Waals surface area contributed by atoms with Crippen molar-refractivity contribution in [3.8, 4) is 16.9 Å². The molecule has 5 aromatic rings. The van der Waals surface area contributed by atoms with Crippen molar-refractivity contribution in [3.63, 3.8) is 0 Å². The molecular formula is C38H41FN6O3S2. The molecule has 0 saturated heterocycles. The maximum Gasteiger partial charge on any atom is 0.352 e. The molecule has 260 valence electrons. The van der Waals surface area contributed by atoms with Gasteiger partial charge in [0.1, 0.15) is 17.3 Å². The van der Waals surface area contributed by atoms with Crippen molar-refractivity contribution < 1.29 is 19.0 Å². The number of hydrogen-bond donors (Lipinski definition) is 2. The van der Waals surface area contributed by atoms with E-state index in [-0.39, 0.29) is 17.1 Å². The van der Waals surface area contributed by atoms with Gasteiger partial charge in [-0.1, -0.05) is 0 Å². The van der Waals surface area contributed by atoms with Gasteiger partial charge in [0.05, 0.1) is 40.4 Å². The maximum atomic E-state index is 16.4. The van der Waals surface area contributed by atoms with Gasteiger partial charge < -0.3 is 19.7 Å². The van der Waals surface area contributed by atoms with Gasteiger partial charge in [-0.05, 0) is 99.2 Å². The highest BCUT2D eigenvalue weighted by Crippen LogP contribution is 2.63. The number of aryl methyl sites for hydroxylation is 5. The van der Waals surface area contributed by atoms with Gasteiger partial charge in [-0.3, -0.25) is 9.36 Å². The Morgan fingerprint density at radius 3 is 2.68 bits per heavy atom. The number of aromatic nitrogens is 5. The molecule has 5 heterocycles. The lowest BCUT2D eigenvalue weighted by Crippen LogP contribution is -2.60. The number of aromatic carboxylic acids is 1. The highest BCUT2D eigenvalue weighted by molar-refractivity contribution is 7.98. The molecule has 12 heteroatoms. The van der Waals surface area contributed by atoms with Crippen LogP contribution in [0.3, 0.4) is 0 Å². The summed E-state index contributed by atoms with van der Waals surface area (Å²) in [6.45, 7) is 3.30. The molecule has 10 bridgehead atoms. The predicted octanol–water partition coefficient (Wildman–Crippen LogP) is 7.84. The van der Waals surface area contributed by atoms with E-state index in [1.807, 2.05) is 18.7 Å². The molecule has 2 N–H and O–H groups in total. The zero-order valence-electron chi connectivity index (χ0n) is 28.6. The highest BCUT2D eigenvalue weighted by atomic mass is 32.2. The second kappa shape index (κ2) is 12.1. The van der Waals surface area contributed by atoms with E-state index in [1.165, 1.54) is 11.6 Å². The SMILES string of the molecule is Cc1nn(C23CC(C2)C3)c2c1-c1c(F)ccc3c(c(C(=O)O)n(C)c13)CCCOc1cc(cc3c1NCCC3)SCc1cc(nn1C)CSC2. The fraction of sp³-hybridized carbons (Fsp3) is 0.447. The Labute approximate surface area is 298 Å². The predicted molar refractivity (Wildman–Crippen MR) is 196 cm³/mol. The van der Waals surface area contributed by atoms with E-state index in [0.717, 1.165) is 100 Å². The molecule has 3 saturated carbocycles. The number of ether oxygens (including phenoxy) is 1. The second-order valence-corrected chi connectivity index (χ2v) is 16.5. The third-order valence-corrected chi connectivity index (χ3v) is 13.3. The van der Waals surface area contributed by atoms with E-state index >= 15 is 4.39 Å². The largest absolute Gasteiger partial charge is 0.491 e. The summed E-state index contributed by atoms with van der Waals surface area (Å²) in [5.41, 5.74) is 9.03. The van der Waals surface area contributed by atoms with Crippen molar-refractivity contribution in [1.29, 1.82) is 0 Å². The Hall–Kier alpha value is -3.90. The molecule has 0 radical (unpaired) electrons. The van der Waals surface area contributed by atoms with E-state index in [0.29, 0.717) is 47.6 Å². The highest BCUT2D eigenvalue weighted by Gasteiger charge is 2.59. The van der Waals surface area contributed by atoms with Gasteiger partial charge in [0.2, 0.25) is 0 Å². The number of nitrogens with zero attached hydrogens (tertiary/aromatic N) is 5. The van der Waals surface area contributed by atoms with Gasteiger partial charge >= 0.3 is 5.97 Å². The molecule has 2 aliphatic heterocycles. The molecule has 0 spiro atoms. The summed E-state index contributed by atoms with van der Waals surface area (Å²) in [5.74, 6) is 2.36. The van der Waals surface area contributed by atoms with Crippen LogP contribution in [0.15, 0.2) is 35.2 Å². The summed E-state index contributed by atoms with van der Waals surface area (Å²) < 4.78 is 28.7. The number of halogens is 1. The third-order valence-electron chi connectivity index (χ3n) is 11.3. The Morgan fingerprint density at radius 2 is 1.90 bits per heavy atom. The van der Waals surface area contributed by atoms with Gasteiger partial charge in [0, 0.05) is 65.0 Å². The summed E-state index contributed by atoms with van der Waals surface area (Å²) in [6.07, 6.45) is 6.51. The molecule has 5 aliphatic rings. The van der Waals surface area contributed by atoms with Crippen LogP contribution in [-0.2, 0) is 49.7 Å². The van der Waals surface area contributed by atoms with Crippen molar-refractivity contribution in [3.05, 3.63) is 75.7 Å².